The average Bonchev–Trinajstić information content (AvgIpc) is 3.10. The molecule has 1 aromatic carbocycles. The molecule has 8 heteroatoms. The minimum absolute atomic E-state index is 0.326. The molecular formula is C12H8ClN5OS. The van der Waals surface area contributed by atoms with E-state index in [9.17, 15) is 4.79 Å². The molecule has 6 nitrogen and oxygen atoms in total. The molecule has 0 fully saturated rings. The van der Waals surface area contributed by atoms with Gasteiger partial charge >= 0.3 is 0 Å². The first-order valence-electron chi connectivity index (χ1n) is 5.62. The van der Waals surface area contributed by atoms with Gasteiger partial charge in [0.2, 0.25) is 5.13 Å². The van der Waals surface area contributed by atoms with Gasteiger partial charge in [0.15, 0.2) is 0 Å². The topological polar surface area (TPSA) is 83.6 Å². The Kier molecular flexibility index (Phi) is 3.44. The predicted octanol–water partition coefficient (Wildman–Crippen LogP) is 2.83. The van der Waals surface area contributed by atoms with Crippen LogP contribution in [-0.4, -0.2) is 26.3 Å². The summed E-state index contributed by atoms with van der Waals surface area (Å²) in [4.78, 5) is 12.0. The molecule has 0 unspecified atom stereocenters. The molecule has 0 saturated carbocycles. The van der Waals surface area contributed by atoms with E-state index in [4.69, 9.17) is 11.6 Å². The Morgan fingerprint density at radius 1 is 1.35 bits per heavy atom. The molecule has 0 radical (unpaired) electrons. The minimum Gasteiger partial charge on any atom is -0.295 e. The molecule has 2 aromatic heterocycles. The Morgan fingerprint density at radius 2 is 2.20 bits per heavy atom. The fourth-order valence-corrected chi connectivity index (χ4v) is 2.31. The number of halogens is 1. The monoisotopic (exact) mass is 305 g/mol. The number of aromatic amines is 1. The van der Waals surface area contributed by atoms with Crippen LogP contribution in [0.25, 0.3) is 11.3 Å². The molecule has 0 atom stereocenters. The first kappa shape index (κ1) is 12.8. The van der Waals surface area contributed by atoms with Crippen molar-refractivity contribution in [3.8, 4) is 11.3 Å². The third-order valence-electron chi connectivity index (χ3n) is 2.55. The van der Waals surface area contributed by atoms with Crippen LogP contribution in [-0.2, 0) is 0 Å². The summed E-state index contributed by atoms with van der Waals surface area (Å²) < 4.78 is 0. The second-order valence-electron chi connectivity index (χ2n) is 3.84. The lowest BCUT2D eigenvalue weighted by Gasteiger charge is -1.98. The molecule has 100 valence electrons. The second kappa shape index (κ2) is 5.40. The minimum atomic E-state index is -0.326. The SMILES string of the molecule is O=C(Nc1nncs1)c1cc(-c2ccccc2Cl)n[nH]1. The molecule has 0 aliphatic heterocycles. The highest BCUT2D eigenvalue weighted by molar-refractivity contribution is 7.13. The number of benzene rings is 1. The van der Waals surface area contributed by atoms with Crippen LogP contribution in [0.2, 0.25) is 5.02 Å². The number of nitrogens with zero attached hydrogens (tertiary/aromatic N) is 3. The molecule has 0 aliphatic carbocycles. The van der Waals surface area contributed by atoms with Crippen molar-refractivity contribution in [1.29, 1.82) is 0 Å². The summed E-state index contributed by atoms with van der Waals surface area (Å²) in [7, 11) is 0. The van der Waals surface area contributed by atoms with Crippen LogP contribution in [0, 0.1) is 0 Å². The third kappa shape index (κ3) is 2.54. The Hall–Kier alpha value is -2.25. The number of H-pyrrole nitrogens is 1. The summed E-state index contributed by atoms with van der Waals surface area (Å²) in [6.45, 7) is 0. The van der Waals surface area contributed by atoms with E-state index >= 15 is 0 Å². The van der Waals surface area contributed by atoms with Gasteiger partial charge in [-0.3, -0.25) is 15.2 Å². The molecule has 1 amide bonds. The Balaban J connectivity index is 1.83. The van der Waals surface area contributed by atoms with E-state index in [0.717, 1.165) is 5.56 Å². The van der Waals surface area contributed by atoms with Gasteiger partial charge in [0.1, 0.15) is 11.2 Å². The average molecular weight is 306 g/mol. The Labute approximate surface area is 122 Å². The number of hydrogen-bond donors (Lipinski definition) is 2. The Bertz CT molecular complexity index is 740. The van der Waals surface area contributed by atoms with E-state index in [1.54, 1.807) is 12.1 Å². The molecule has 0 spiro atoms. The van der Waals surface area contributed by atoms with E-state index in [1.165, 1.54) is 16.8 Å². The van der Waals surface area contributed by atoms with Gasteiger partial charge in [-0.15, -0.1) is 10.2 Å². The maximum Gasteiger partial charge on any atom is 0.275 e. The number of rotatable bonds is 3. The second-order valence-corrected chi connectivity index (χ2v) is 5.09. The van der Waals surface area contributed by atoms with Crippen molar-refractivity contribution in [3.63, 3.8) is 0 Å². The van der Waals surface area contributed by atoms with Crippen molar-refractivity contribution >= 4 is 34.0 Å². The maximum absolute atomic E-state index is 12.0. The molecule has 2 heterocycles. The van der Waals surface area contributed by atoms with Crippen molar-refractivity contribution in [2.75, 3.05) is 5.32 Å². The van der Waals surface area contributed by atoms with E-state index < -0.39 is 0 Å². The normalized spacial score (nSPS) is 10.4. The number of anilines is 1. The molecule has 2 N–H and O–H groups in total. The van der Waals surface area contributed by atoms with Crippen molar-refractivity contribution in [2.45, 2.75) is 0 Å². The molecule has 3 aromatic rings. The quantitative estimate of drug-likeness (QED) is 0.779. The zero-order chi connectivity index (χ0) is 13.9. The van der Waals surface area contributed by atoms with Crippen LogP contribution in [0.1, 0.15) is 10.5 Å². The van der Waals surface area contributed by atoms with Gasteiger partial charge in [-0.1, -0.05) is 41.1 Å². The lowest BCUT2D eigenvalue weighted by molar-refractivity contribution is 0.102. The van der Waals surface area contributed by atoms with E-state index in [0.29, 0.717) is 21.5 Å². The molecule has 0 bridgehead atoms. The summed E-state index contributed by atoms with van der Waals surface area (Å²) >= 11 is 7.33. The third-order valence-corrected chi connectivity index (χ3v) is 3.49. The van der Waals surface area contributed by atoms with Crippen molar-refractivity contribution in [2.24, 2.45) is 0 Å². The molecule has 0 aliphatic rings. The zero-order valence-corrected chi connectivity index (χ0v) is 11.6. The highest BCUT2D eigenvalue weighted by atomic mass is 35.5. The smallest absolute Gasteiger partial charge is 0.275 e. The number of aromatic nitrogens is 4. The van der Waals surface area contributed by atoms with Crippen LogP contribution in [0.3, 0.4) is 0 Å². The van der Waals surface area contributed by atoms with Crippen LogP contribution in [0.5, 0.6) is 0 Å². The van der Waals surface area contributed by atoms with E-state index in [2.05, 4.69) is 25.7 Å². The lowest BCUT2D eigenvalue weighted by atomic mass is 10.1. The van der Waals surface area contributed by atoms with Gasteiger partial charge in [-0.2, -0.15) is 5.10 Å². The number of carbonyl (C=O) groups is 1. The van der Waals surface area contributed by atoms with Gasteiger partial charge in [0.25, 0.3) is 5.91 Å². The molecular weight excluding hydrogens is 298 g/mol. The molecule has 0 saturated heterocycles. The van der Waals surface area contributed by atoms with Crippen LogP contribution in [0.15, 0.2) is 35.8 Å². The van der Waals surface area contributed by atoms with E-state index in [-0.39, 0.29) is 5.91 Å². The van der Waals surface area contributed by atoms with Crippen LogP contribution < -0.4 is 5.32 Å². The largest absolute Gasteiger partial charge is 0.295 e. The number of amides is 1. The van der Waals surface area contributed by atoms with Crippen molar-refractivity contribution < 1.29 is 4.79 Å². The number of nitrogens with one attached hydrogen (secondary N) is 2. The van der Waals surface area contributed by atoms with Crippen LogP contribution in [0.4, 0.5) is 5.13 Å². The van der Waals surface area contributed by atoms with Crippen molar-refractivity contribution in [1.82, 2.24) is 20.4 Å². The van der Waals surface area contributed by atoms with Crippen LogP contribution >= 0.6 is 22.9 Å². The highest BCUT2D eigenvalue weighted by Crippen LogP contribution is 2.26. The number of carbonyl (C=O) groups excluding carboxylic acids is 1. The predicted molar refractivity (Wildman–Crippen MR) is 76.9 cm³/mol. The maximum atomic E-state index is 12.0. The van der Waals surface area contributed by atoms with Gasteiger partial charge in [0.05, 0.1) is 10.7 Å². The summed E-state index contributed by atoms with van der Waals surface area (Å²) in [5.74, 6) is -0.326. The summed E-state index contributed by atoms with van der Waals surface area (Å²) in [6, 6.07) is 8.94. The molecule has 3 rings (SSSR count). The van der Waals surface area contributed by atoms with Gasteiger partial charge < -0.3 is 0 Å². The Morgan fingerprint density at radius 3 is 2.95 bits per heavy atom. The zero-order valence-electron chi connectivity index (χ0n) is 10.0. The van der Waals surface area contributed by atoms with Gasteiger partial charge in [-0.25, -0.2) is 0 Å². The summed E-state index contributed by atoms with van der Waals surface area (Å²) in [6.07, 6.45) is 0. The molecule has 20 heavy (non-hydrogen) atoms. The fourth-order valence-electron chi connectivity index (χ4n) is 1.64. The van der Waals surface area contributed by atoms with Gasteiger partial charge in [0, 0.05) is 5.56 Å². The fraction of sp³-hybridized carbons (Fsp3) is 0. The lowest BCUT2D eigenvalue weighted by Crippen LogP contribution is -2.12. The summed E-state index contributed by atoms with van der Waals surface area (Å²) in [5.41, 5.74) is 3.24. The van der Waals surface area contributed by atoms with Gasteiger partial charge in [-0.05, 0) is 12.1 Å². The highest BCUT2D eigenvalue weighted by Gasteiger charge is 2.13. The first-order valence-corrected chi connectivity index (χ1v) is 6.87. The van der Waals surface area contributed by atoms with Crippen molar-refractivity contribution in [3.05, 3.63) is 46.6 Å². The first-order chi connectivity index (χ1) is 9.74. The number of hydrogen-bond acceptors (Lipinski definition) is 5. The standard InChI is InChI=1S/C12H8ClN5OS/c13-8-4-2-1-3-7(8)9-5-10(17-16-9)11(19)15-12-18-14-6-20-12/h1-6H,(H,16,17)(H,15,18,19). The summed E-state index contributed by atoms with van der Waals surface area (Å²) in [5, 5.41) is 17.8. The van der Waals surface area contributed by atoms with E-state index in [1.807, 2.05) is 18.2 Å².